The lowest BCUT2D eigenvalue weighted by molar-refractivity contribution is -0.142. The minimum absolute atomic E-state index is 0.201. The van der Waals surface area contributed by atoms with Crippen molar-refractivity contribution in [2.24, 2.45) is 5.92 Å². The summed E-state index contributed by atoms with van der Waals surface area (Å²) in [5, 5.41) is 14.4. The summed E-state index contributed by atoms with van der Waals surface area (Å²) in [6.45, 7) is 3.46. The Labute approximate surface area is 108 Å². The van der Waals surface area contributed by atoms with Gasteiger partial charge in [0.1, 0.15) is 0 Å². The Bertz CT molecular complexity index is 551. The van der Waals surface area contributed by atoms with Crippen LogP contribution in [-0.2, 0) is 4.79 Å². The van der Waals surface area contributed by atoms with Gasteiger partial charge in [-0.05, 0) is 19.8 Å². The zero-order chi connectivity index (χ0) is 12.7. The molecule has 7 heteroatoms. The van der Waals surface area contributed by atoms with E-state index in [0.717, 1.165) is 28.9 Å². The van der Waals surface area contributed by atoms with Crippen molar-refractivity contribution in [3.8, 4) is 0 Å². The van der Waals surface area contributed by atoms with E-state index in [1.165, 1.54) is 0 Å². The molecule has 6 nitrogen and oxygen atoms in total. The Morgan fingerprint density at radius 1 is 1.50 bits per heavy atom. The number of piperidine rings is 1. The minimum Gasteiger partial charge on any atom is -0.481 e. The van der Waals surface area contributed by atoms with Crippen molar-refractivity contribution in [2.45, 2.75) is 19.8 Å². The first-order valence-corrected chi connectivity index (χ1v) is 6.76. The highest BCUT2D eigenvalue weighted by Crippen LogP contribution is 2.27. The average molecular weight is 266 g/mol. The van der Waals surface area contributed by atoms with Gasteiger partial charge in [-0.3, -0.25) is 4.79 Å². The van der Waals surface area contributed by atoms with Crippen LogP contribution >= 0.6 is 11.3 Å². The van der Waals surface area contributed by atoms with Gasteiger partial charge in [0.2, 0.25) is 10.1 Å². The molecule has 3 heterocycles. The number of nitrogens with zero attached hydrogens (tertiary/aromatic N) is 4. The molecule has 2 aromatic rings. The summed E-state index contributed by atoms with van der Waals surface area (Å²) in [5.41, 5.74) is 0.963. The Morgan fingerprint density at radius 2 is 2.22 bits per heavy atom. The molecule has 0 spiro atoms. The molecular formula is C11H14N4O2S. The van der Waals surface area contributed by atoms with Crippen LogP contribution in [0.3, 0.4) is 0 Å². The van der Waals surface area contributed by atoms with Gasteiger partial charge in [0.15, 0.2) is 0 Å². The van der Waals surface area contributed by atoms with Crippen LogP contribution < -0.4 is 4.90 Å². The Kier molecular flexibility index (Phi) is 2.70. The van der Waals surface area contributed by atoms with Crippen molar-refractivity contribution in [1.29, 1.82) is 0 Å². The first-order chi connectivity index (χ1) is 8.63. The number of hydrogen-bond donors (Lipinski definition) is 1. The molecule has 1 fully saturated rings. The number of imidazole rings is 1. The van der Waals surface area contributed by atoms with Gasteiger partial charge in [0, 0.05) is 13.1 Å². The Morgan fingerprint density at radius 3 is 2.83 bits per heavy atom. The zero-order valence-corrected chi connectivity index (χ0v) is 10.9. The first-order valence-electron chi connectivity index (χ1n) is 5.94. The van der Waals surface area contributed by atoms with Crippen LogP contribution in [0.25, 0.3) is 4.96 Å². The van der Waals surface area contributed by atoms with Crippen molar-refractivity contribution >= 4 is 27.4 Å². The number of hydrogen-bond acceptors (Lipinski definition) is 5. The number of carbonyl (C=O) groups is 1. The predicted octanol–water partition coefficient (Wildman–Crippen LogP) is 1.40. The quantitative estimate of drug-likeness (QED) is 0.889. The van der Waals surface area contributed by atoms with E-state index in [4.69, 9.17) is 5.11 Å². The highest BCUT2D eigenvalue weighted by molar-refractivity contribution is 7.20. The number of anilines is 1. The normalized spacial score (nSPS) is 17.5. The third kappa shape index (κ3) is 1.94. The molecule has 1 N–H and O–H groups in total. The van der Waals surface area contributed by atoms with Crippen LogP contribution in [0.2, 0.25) is 0 Å². The molecule has 96 valence electrons. The van der Waals surface area contributed by atoms with E-state index in [1.54, 1.807) is 15.9 Å². The van der Waals surface area contributed by atoms with Gasteiger partial charge in [-0.2, -0.15) is 0 Å². The Hall–Kier alpha value is -1.63. The van der Waals surface area contributed by atoms with Crippen molar-refractivity contribution in [3.05, 3.63) is 11.9 Å². The van der Waals surface area contributed by atoms with E-state index < -0.39 is 5.97 Å². The summed E-state index contributed by atoms with van der Waals surface area (Å²) in [7, 11) is 0. The summed E-state index contributed by atoms with van der Waals surface area (Å²) in [4.78, 5) is 18.3. The highest BCUT2D eigenvalue weighted by atomic mass is 32.1. The van der Waals surface area contributed by atoms with Crippen LogP contribution in [0.4, 0.5) is 5.13 Å². The second kappa shape index (κ2) is 4.24. The fourth-order valence-corrected chi connectivity index (χ4v) is 3.22. The average Bonchev–Trinajstić information content (AvgIpc) is 2.86. The molecule has 0 unspecified atom stereocenters. The van der Waals surface area contributed by atoms with E-state index in [2.05, 4.69) is 15.0 Å². The highest BCUT2D eigenvalue weighted by Gasteiger charge is 2.26. The van der Waals surface area contributed by atoms with Gasteiger partial charge in [0.05, 0.1) is 17.8 Å². The first kappa shape index (κ1) is 11.5. The van der Waals surface area contributed by atoms with E-state index in [9.17, 15) is 4.79 Å². The van der Waals surface area contributed by atoms with Crippen molar-refractivity contribution in [2.75, 3.05) is 18.0 Å². The maximum Gasteiger partial charge on any atom is 0.306 e. The fourth-order valence-electron chi connectivity index (χ4n) is 2.24. The van der Waals surface area contributed by atoms with E-state index in [1.807, 2.05) is 13.1 Å². The van der Waals surface area contributed by atoms with Gasteiger partial charge >= 0.3 is 5.97 Å². The molecule has 0 saturated carbocycles. The summed E-state index contributed by atoms with van der Waals surface area (Å²) in [6.07, 6.45) is 3.28. The van der Waals surface area contributed by atoms with Crippen LogP contribution in [0.15, 0.2) is 6.20 Å². The molecule has 0 aromatic carbocycles. The lowest BCUT2D eigenvalue weighted by atomic mass is 9.98. The number of rotatable bonds is 2. The number of carboxylic acid groups (broad SMARTS) is 1. The molecule has 2 aromatic heterocycles. The second-order valence-electron chi connectivity index (χ2n) is 4.59. The standard InChI is InChI=1S/C11H14N4O2S/c1-7-6-15-10(12-7)18-11(13-15)14-4-2-8(3-5-14)9(16)17/h6,8H,2-5H2,1H3,(H,16,17). The van der Waals surface area contributed by atoms with Gasteiger partial charge in [-0.25, -0.2) is 9.50 Å². The van der Waals surface area contributed by atoms with Gasteiger partial charge in [-0.15, -0.1) is 5.10 Å². The number of carboxylic acids is 1. The number of aromatic nitrogens is 3. The molecule has 1 aliphatic rings. The minimum atomic E-state index is -0.681. The molecule has 18 heavy (non-hydrogen) atoms. The number of aryl methyl sites for hydroxylation is 1. The summed E-state index contributed by atoms with van der Waals surface area (Å²) < 4.78 is 1.79. The van der Waals surface area contributed by atoms with Gasteiger partial charge in [0.25, 0.3) is 0 Å². The van der Waals surface area contributed by atoms with E-state index in [0.29, 0.717) is 12.8 Å². The molecule has 0 amide bonds. The Balaban J connectivity index is 1.75. The third-order valence-corrected chi connectivity index (χ3v) is 4.25. The molecule has 3 rings (SSSR count). The largest absolute Gasteiger partial charge is 0.481 e. The van der Waals surface area contributed by atoms with Crippen molar-refractivity contribution in [3.63, 3.8) is 0 Å². The fraction of sp³-hybridized carbons (Fsp3) is 0.545. The van der Waals surface area contributed by atoms with Crippen LogP contribution in [-0.4, -0.2) is 38.8 Å². The molecule has 1 aliphatic heterocycles. The van der Waals surface area contributed by atoms with Crippen LogP contribution in [0.5, 0.6) is 0 Å². The maximum atomic E-state index is 10.9. The second-order valence-corrected chi connectivity index (χ2v) is 5.53. The van der Waals surface area contributed by atoms with Gasteiger partial charge < -0.3 is 10.0 Å². The zero-order valence-electron chi connectivity index (χ0n) is 10.0. The van der Waals surface area contributed by atoms with Crippen LogP contribution in [0.1, 0.15) is 18.5 Å². The lowest BCUT2D eigenvalue weighted by Gasteiger charge is -2.29. The van der Waals surface area contributed by atoms with Gasteiger partial charge in [-0.1, -0.05) is 11.3 Å². The third-order valence-electron chi connectivity index (χ3n) is 3.27. The van der Waals surface area contributed by atoms with Crippen molar-refractivity contribution in [1.82, 2.24) is 14.6 Å². The molecule has 1 saturated heterocycles. The summed E-state index contributed by atoms with van der Waals surface area (Å²) >= 11 is 1.55. The molecule has 0 atom stereocenters. The maximum absolute atomic E-state index is 10.9. The molecule has 0 radical (unpaired) electrons. The predicted molar refractivity (Wildman–Crippen MR) is 68.2 cm³/mol. The van der Waals surface area contributed by atoms with Crippen LogP contribution in [0, 0.1) is 12.8 Å². The van der Waals surface area contributed by atoms with E-state index >= 15 is 0 Å². The SMILES string of the molecule is Cc1cn2nc(N3CCC(C(=O)O)CC3)sc2n1. The monoisotopic (exact) mass is 266 g/mol. The molecule has 0 aliphatic carbocycles. The number of aliphatic carboxylic acids is 1. The molecule has 0 bridgehead atoms. The topological polar surface area (TPSA) is 70.7 Å². The molecular weight excluding hydrogens is 252 g/mol. The lowest BCUT2D eigenvalue weighted by Crippen LogP contribution is -2.36. The number of fused-ring (bicyclic) bond motifs is 1. The summed E-state index contributed by atoms with van der Waals surface area (Å²) in [6, 6.07) is 0. The van der Waals surface area contributed by atoms with Crippen molar-refractivity contribution < 1.29 is 9.90 Å². The smallest absolute Gasteiger partial charge is 0.306 e. The summed E-state index contributed by atoms with van der Waals surface area (Å²) in [5.74, 6) is -0.883. The van der Waals surface area contributed by atoms with E-state index in [-0.39, 0.29) is 5.92 Å².